The number of ether oxygens (including phenoxy) is 1. The molecule has 2 amide bonds. The highest BCUT2D eigenvalue weighted by Crippen LogP contribution is 2.53. The van der Waals surface area contributed by atoms with Crippen molar-refractivity contribution >= 4 is 22.0 Å². The molecule has 2 atom stereocenters. The third-order valence-corrected chi connectivity index (χ3v) is 12.1. The van der Waals surface area contributed by atoms with Crippen molar-refractivity contribution in [2.75, 3.05) is 26.2 Å². The maximum atomic E-state index is 14.4. The maximum Gasteiger partial charge on any atom is 0.410 e. The lowest BCUT2D eigenvalue weighted by Gasteiger charge is -2.48. The quantitative estimate of drug-likeness (QED) is 0.455. The minimum atomic E-state index is -4.28. The predicted octanol–water partition coefficient (Wildman–Crippen LogP) is 4.43. The van der Waals surface area contributed by atoms with Gasteiger partial charge < -0.3 is 20.5 Å². The molecule has 2 aromatic rings. The topological polar surface area (TPSA) is 133 Å². The zero-order valence-electron chi connectivity index (χ0n) is 25.2. The number of likely N-dealkylation sites (tertiary alicyclic amines) is 2. The number of piperidine rings is 3. The van der Waals surface area contributed by atoms with Crippen LogP contribution in [0.3, 0.4) is 0 Å². The van der Waals surface area contributed by atoms with Gasteiger partial charge in [-0.15, -0.1) is 0 Å². The molecule has 0 bridgehead atoms. The van der Waals surface area contributed by atoms with Crippen LogP contribution in [0.1, 0.15) is 75.8 Å². The van der Waals surface area contributed by atoms with E-state index in [-0.39, 0.29) is 35.2 Å². The molecular weight excluding hydrogens is 606 g/mol. The van der Waals surface area contributed by atoms with Crippen LogP contribution < -0.4 is 5.73 Å². The minimum Gasteiger partial charge on any atom is -0.508 e. The lowest BCUT2D eigenvalue weighted by molar-refractivity contribution is -0.134. The molecule has 244 valence electrons. The lowest BCUT2D eigenvalue weighted by Crippen LogP contribution is -2.64. The summed E-state index contributed by atoms with van der Waals surface area (Å²) < 4.78 is 64.7. The minimum absolute atomic E-state index is 0.0901. The molecule has 3 aliphatic heterocycles. The number of carbonyl (C=O) groups excluding carboxylic acids is 2. The van der Waals surface area contributed by atoms with E-state index in [1.54, 1.807) is 4.90 Å². The number of nitrogens with zero attached hydrogens (tertiary/aromatic N) is 3. The number of sulfonamides is 1. The summed E-state index contributed by atoms with van der Waals surface area (Å²) in [6.45, 7) is 2.14. The van der Waals surface area contributed by atoms with Crippen LogP contribution in [0.2, 0.25) is 0 Å². The van der Waals surface area contributed by atoms with E-state index in [1.807, 2.05) is 0 Å². The van der Waals surface area contributed by atoms with Gasteiger partial charge >= 0.3 is 6.09 Å². The normalized spacial score (nSPS) is 25.4. The van der Waals surface area contributed by atoms with Crippen LogP contribution in [0.25, 0.3) is 0 Å². The van der Waals surface area contributed by atoms with Crippen LogP contribution in [0.5, 0.6) is 5.75 Å². The molecule has 1 aliphatic carbocycles. The zero-order chi connectivity index (χ0) is 32.0. The van der Waals surface area contributed by atoms with Gasteiger partial charge in [-0.25, -0.2) is 22.0 Å². The Morgan fingerprint density at radius 1 is 0.867 bits per heavy atom. The number of benzene rings is 2. The van der Waals surface area contributed by atoms with Gasteiger partial charge in [0.25, 0.3) is 0 Å². The average Bonchev–Trinajstić information content (AvgIpc) is 3.81. The third kappa shape index (κ3) is 6.01. The molecule has 13 heteroatoms. The Morgan fingerprint density at radius 2 is 1.49 bits per heavy atom. The fraction of sp³-hybridized carbons (Fsp3) is 0.562. The molecule has 4 fully saturated rings. The van der Waals surface area contributed by atoms with Crippen molar-refractivity contribution in [1.82, 2.24) is 14.1 Å². The van der Waals surface area contributed by atoms with E-state index in [1.165, 1.54) is 28.6 Å². The Bertz CT molecular complexity index is 1520. The van der Waals surface area contributed by atoms with Gasteiger partial charge in [0.2, 0.25) is 15.9 Å². The number of aromatic hydroxyl groups is 1. The Hall–Kier alpha value is -3.29. The summed E-state index contributed by atoms with van der Waals surface area (Å²) in [4.78, 5) is 29.9. The van der Waals surface area contributed by atoms with Gasteiger partial charge in [0, 0.05) is 19.2 Å². The van der Waals surface area contributed by atoms with E-state index in [0.29, 0.717) is 44.9 Å². The first kappa shape index (κ1) is 31.7. The third-order valence-electron chi connectivity index (χ3n) is 10.2. The molecule has 45 heavy (non-hydrogen) atoms. The summed E-state index contributed by atoms with van der Waals surface area (Å²) in [5, 5.41) is 9.79. The number of hydrogen-bond acceptors (Lipinski definition) is 7. The summed E-state index contributed by atoms with van der Waals surface area (Å²) in [5.74, 6) is -2.12. The van der Waals surface area contributed by atoms with E-state index in [0.717, 1.165) is 50.6 Å². The molecule has 3 heterocycles. The van der Waals surface area contributed by atoms with Crippen LogP contribution in [0.15, 0.2) is 47.4 Å². The van der Waals surface area contributed by atoms with Gasteiger partial charge in [0.1, 0.15) is 28.5 Å². The van der Waals surface area contributed by atoms with E-state index in [9.17, 15) is 31.9 Å². The number of amides is 2. The standard InChI is InChI=1S/C32H40F2N4O6S/c33-23-19-22(20-24(34)21-23)27-5-4-6-28(38(27)45(42,43)26-9-7-25(39)8-10-26)32(11-12-32)44-30(41)36-17-13-31(14-18-36,29(35)40)37-15-2-1-3-16-37/h7-10,19-21,27-28,39H,1-6,11-18H2,(H2,35,40)/t27-,28+/m0/s1. The summed E-state index contributed by atoms with van der Waals surface area (Å²) in [6, 6.07) is 6.43. The molecule has 1 saturated carbocycles. The average molecular weight is 647 g/mol. The van der Waals surface area contributed by atoms with Crippen LogP contribution in [0, 0.1) is 11.6 Å². The first-order chi connectivity index (χ1) is 21.4. The zero-order valence-corrected chi connectivity index (χ0v) is 26.0. The summed E-state index contributed by atoms with van der Waals surface area (Å²) in [6.07, 6.45) is 5.43. The van der Waals surface area contributed by atoms with Crippen molar-refractivity contribution in [3.8, 4) is 5.75 Å². The van der Waals surface area contributed by atoms with Crippen molar-refractivity contribution in [1.29, 1.82) is 0 Å². The van der Waals surface area contributed by atoms with E-state index in [4.69, 9.17) is 10.5 Å². The highest BCUT2D eigenvalue weighted by atomic mass is 32.2. The molecular formula is C32H40F2N4O6S. The van der Waals surface area contributed by atoms with E-state index in [2.05, 4.69) is 4.90 Å². The van der Waals surface area contributed by atoms with Gasteiger partial charge in [0.15, 0.2) is 0 Å². The highest BCUT2D eigenvalue weighted by molar-refractivity contribution is 7.89. The molecule has 0 spiro atoms. The molecule has 0 unspecified atom stereocenters. The number of carbonyl (C=O) groups is 2. The maximum absolute atomic E-state index is 14.4. The fourth-order valence-corrected chi connectivity index (χ4v) is 9.51. The van der Waals surface area contributed by atoms with Crippen molar-refractivity contribution in [3.05, 3.63) is 59.7 Å². The number of phenolic OH excluding ortho intramolecular Hbond substituents is 1. The Kier molecular flexibility index (Phi) is 8.55. The SMILES string of the molecule is NC(=O)C1(N2CCCCC2)CCN(C(=O)OC2([C@H]3CCC[C@@H](c4cc(F)cc(F)c4)N3S(=O)(=O)c3ccc(O)cc3)CC2)CC1. The molecule has 3 N–H and O–H groups in total. The second kappa shape index (κ2) is 12.1. The summed E-state index contributed by atoms with van der Waals surface area (Å²) in [5.41, 5.74) is 4.18. The van der Waals surface area contributed by atoms with Crippen molar-refractivity contribution in [2.45, 2.75) is 92.3 Å². The van der Waals surface area contributed by atoms with Crippen LogP contribution in [0.4, 0.5) is 13.6 Å². The molecule has 10 nitrogen and oxygen atoms in total. The molecule has 2 aromatic carbocycles. The fourth-order valence-electron chi connectivity index (χ4n) is 7.59. The predicted molar refractivity (Wildman–Crippen MR) is 160 cm³/mol. The monoisotopic (exact) mass is 646 g/mol. The Morgan fingerprint density at radius 3 is 2.07 bits per heavy atom. The van der Waals surface area contributed by atoms with E-state index < -0.39 is 51.0 Å². The Labute approximate surface area is 262 Å². The van der Waals surface area contributed by atoms with Gasteiger partial charge in [-0.05, 0) is 113 Å². The number of hydrogen-bond donors (Lipinski definition) is 2. The molecule has 6 rings (SSSR count). The summed E-state index contributed by atoms with van der Waals surface area (Å²) in [7, 11) is -4.28. The van der Waals surface area contributed by atoms with Crippen molar-refractivity contribution in [2.24, 2.45) is 5.73 Å². The number of halogens is 2. The number of primary amides is 1. The van der Waals surface area contributed by atoms with E-state index >= 15 is 0 Å². The molecule has 0 radical (unpaired) electrons. The smallest absolute Gasteiger partial charge is 0.410 e. The van der Waals surface area contributed by atoms with Gasteiger partial charge in [-0.1, -0.05) is 6.42 Å². The van der Waals surface area contributed by atoms with Crippen LogP contribution in [-0.2, 0) is 19.6 Å². The second-order valence-corrected chi connectivity index (χ2v) is 14.7. The van der Waals surface area contributed by atoms with Gasteiger partial charge in [-0.3, -0.25) is 9.69 Å². The highest BCUT2D eigenvalue weighted by Gasteiger charge is 2.60. The first-order valence-corrected chi connectivity index (χ1v) is 17.2. The second-order valence-electron chi connectivity index (χ2n) is 12.9. The van der Waals surface area contributed by atoms with Gasteiger partial charge in [0.05, 0.1) is 17.0 Å². The largest absolute Gasteiger partial charge is 0.508 e. The van der Waals surface area contributed by atoms with Crippen LogP contribution >= 0.6 is 0 Å². The van der Waals surface area contributed by atoms with Crippen molar-refractivity contribution in [3.63, 3.8) is 0 Å². The van der Waals surface area contributed by atoms with Crippen LogP contribution in [-0.4, -0.2) is 83.0 Å². The molecule has 3 saturated heterocycles. The number of phenols is 1. The lowest BCUT2D eigenvalue weighted by atomic mass is 9.83. The molecule has 4 aliphatic rings. The van der Waals surface area contributed by atoms with Crippen molar-refractivity contribution < 1.29 is 36.6 Å². The first-order valence-electron chi connectivity index (χ1n) is 15.8. The number of nitrogens with two attached hydrogens (primary N) is 1. The number of rotatable bonds is 7. The Balaban J connectivity index is 1.26. The summed E-state index contributed by atoms with van der Waals surface area (Å²) >= 11 is 0. The van der Waals surface area contributed by atoms with Gasteiger partial charge in [-0.2, -0.15) is 4.31 Å². The molecule has 0 aromatic heterocycles.